The molecule has 4 rings (SSSR count). The number of rotatable bonds is 1. The van der Waals surface area contributed by atoms with Crippen LogP contribution in [0.25, 0.3) is 0 Å². The lowest BCUT2D eigenvalue weighted by Crippen LogP contribution is -2.51. The highest BCUT2D eigenvalue weighted by molar-refractivity contribution is 6.30. The Morgan fingerprint density at radius 3 is 2.73 bits per heavy atom. The molecule has 22 heavy (non-hydrogen) atoms. The molecule has 3 heterocycles. The molecule has 2 fully saturated rings. The van der Waals surface area contributed by atoms with E-state index in [-0.39, 0.29) is 6.03 Å². The number of halogens is 1. The van der Waals surface area contributed by atoms with Crippen molar-refractivity contribution in [3.8, 4) is 0 Å². The van der Waals surface area contributed by atoms with Crippen molar-refractivity contribution in [2.75, 3.05) is 18.5 Å². The number of piperidine rings is 1. The largest absolute Gasteiger partial charge is 0.335 e. The third-order valence-electron chi connectivity index (χ3n) is 5.61. The van der Waals surface area contributed by atoms with Crippen LogP contribution in [0.4, 0.5) is 10.5 Å². The summed E-state index contributed by atoms with van der Waals surface area (Å²) in [5, 5.41) is 4.01. The van der Waals surface area contributed by atoms with E-state index in [0.29, 0.717) is 18.1 Å². The van der Waals surface area contributed by atoms with Crippen LogP contribution in [-0.2, 0) is 6.42 Å². The number of nitrogens with zero attached hydrogens (tertiary/aromatic N) is 2. The topological polar surface area (TPSA) is 35.6 Å². The minimum absolute atomic E-state index is 0.0509. The maximum Gasteiger partial charge on any atom is 0.322 e. The van der Waals surface area contributed by atoms with Crippen molar-refractivity contribution in [2.24, 2.45) is 0 Å². The molecule has 5 heteroatoms. The van der Waals surface area contributed by atoms with E-state index < -0.39 is 0 Å². The van der Waals surface area contributed by atoms with Crippen LogP contribution in [0, 0.1) is 0 Å². The van der Waals surface area contributed by atoms with Gasteiger partial charge in [-0.2, -0.15) is 0 Å². The van der Waals surface area contributed by atoms with Gasteiger partial charge < -0.3 is 10.2 Å². The Morgan fingerprint density at radius 1 is 1.27 bits per heavy atom. The van der Waals surface area contributed by atoms with Crippen LogP contribution in [0.15, 0.2) is 18.2 Å². The van der Waals surface area contributed by atoms with Crippen LogP contribution < -0.4 is 10.2 Å². The summed E-state index contributed by atoms with van der Waals surface area (Å²) in [5.74, 6) is 0. The second-order valence-corrected chi connectivity index (χ2v) is 7.28. The predicted octanol–water partition coefficient (Wildman–Crippen LogP) is 3.04. The highest BCUT2D eigenvalue weighted by Gasteiger charge is 2.39. The number of fused-ring (bicyclic) bond motifs is 3. The Bertz CT molecular complexity index is 592. The molecule has 3 atom stereocenters. The highest BCUT2D eigenvalue weighted by atomic mass is 35.5. The van der Waals surface area contributed by atoms with E-state index in [0.717, 1.165) is 36.5 Å². The first kappa shape index (κ1) is 14.3. The van der Waals surface area contributed by atoms with Gasteiger partial charge in [-0.05, 0) is 62.9 Å². The number of hydrogen-bond donors (Lipinski definition) is 1. The maximum atomic E-state index is 12.6. The van der Waals surface area contributed by atoms with Crippen LogP contribution in [0.2, 0.25) is 5.02 Å². The minimum atomic E-state index is 0.0509. The van der Waals surface area contributed by atoms with Gasteiger partial charge in [0.25, 0.3) is 0 Å². The number of carbonyl (C=O) groups is 1. The lowest BCUT2D eigenvalue weighted by atomic mass is 9.98. The zero-order chi connectivity index (χ0) is 15.3. The second-order valence-electron chi connectivity index (χ2n) is 6.84. The first-order chi connectivity index (χ1) is 10.6. The molecule has 118 valence electrons. The predicted molar refractivity (Wildman–Crippen MR) is 88.6 cm³/mol. The summed E-state index contributed by atoms with van der Waals surface area (Å²) >= 11 is 6.04. The summed E-state index contributed by atoms with van der Waals surface area (Å²) in [6, 6.07) is 7.46. The Balaban J connectivity index is 1.44. The number of amides is 2. The van der Waals surface area contributed by atoms with Gasteiger partial charge in [0, 0.05) is 35.4 Å². The Hall–Kier alpha value is -1.26. The molecule has 0 aliphatic carbocycles. The number of carbonyl (C=O) groups excluding carboxylic acids is 1. The molecule has 3 aliphatic rings. The monoisotopic (exact) mass is 319 g/mol. The standard InChI is InChI=1S/C17H22ClN3O/c1-20-14-3-4-15(20)10-13(9-14)19-17(22)21-7-6-11-8-12(18)2-5-16(11)21/h2,5,8,13-15H,3-4,6-7,9-10H2,1H3,(H,19,22)/t13?,14-,15+. The SMILES string of the molecule is CN1[C@@H]2CC[C@H]1CC(NC(=O)N1CCc3cc(Cl)ccc31)C2. The molecule has 2 bridgehead atoms. The molecular weight excluding hydrogens is 298 g/mol. The number of benzene rings is 1. The number of nitrogens with one attached hydrogen (secondary N) is 1. The molecule has 1 unspecified atom stereocenters. The van der Waals surface area contributed by atoms with Gasteiger partial charge in [0.15, 0.2) is 0 Å². The zero-order valence-corrected chi connectivity index (χ0v) is 13.6. The summed E-state index contributed by atoms with van der Waals surface area (Å²) in [6.45, 7) is 0.751. The molecule has 4 nitrogen and oxygen atoms in total. The van der Waals surface area contributed by atoms with Crippen molar-refractivity contribution in [3.63, 3.8) is 0 Å². The van der Waals surface area contributed by atoms with E-state index in [2.05, 4.69) is 17.3 Å². The van der Waals surface area contributed by atoms with Crippen LogP contribution in [-0.4, -0.2) is 42.6 Å². The summed E-state index contributed by atoms with van der Waals surface area (Å²) in [4.78, 5) is 17.0. The fourth-order valence-electron chi connectivity index (χ4n) is 4.36. The molecule has 0 saturated carbocycles. The third kappa shape index (κ3) is 2.38. The van der Waals surface area contributed by atoms with Crippen molar-refractivity contribution in [1.82, 2.24) is 10.2 Å². The molecule has 2 amide bonds. The quantitative estimate of drug-likeness (QED) is 0.863. The van der Waals surface area contributed by atoms with Crippen molar-refractivity contribution in [1.29, 1.82) is 0 Å². The number of anilines is 1. The Kier molecular flexibility index (Phi) is 3.54. The first-order valence-electron chi connectivity index (χ1n) is 8.20. The number of urea groups is 1. The maximum absolute atomic E-state index is 12.6. The van der Waals surface area contributed by atoms with E-state index in [4.69, 9.17) is 11.6 Å². The van der Waals surface area contributed by atoms with Crippen molar-refractivity contribution >= 4 is 23.3 Å². The fourth-order valence-corrected chi connectivity index (χ4v) is 4.56. The van der Waals surface area contributed by atoms with E-state index in [9.17, 15) is 4.79 Å². The Labute approximate surface area is 136 Å². The van der Waals surface area contributed by atoms with Crippen LogP contribution in [0.1, 0.15) is 31.2 Å². The van der Waals surface area contributed by atoms with Crippen molar-refractivity contribution in [2.45, 2.75) is 50.2 Å². The fraction of sp³-hybridized carbons (Fsp3) is 0.588. The van der Waals surface area contributed by atoms with Crippen LogP contribution in [0.5, 0.6) is 0 Å². The first-order valence-corrected chi connectivity index (χ1v) is 8.58. The smallest absolute Gasteiger partial charge is 0.322 e. The molecule has 3 aliphatic heterocycles. The summed E-state index contributed by atoms with van der Waals surface area (Å²) < 4.78 is 0. The molecular formula is C17H22ClN3O. The third-order valence-corrected chi connectivity index (χ3v) is 5.84. The minimum Gasteiger partial charge on any atom is -0.335 e. The molecule has 0 aromatic heterocycles. The van der Waals surface area contributed by atoms with Crippen LogP contribution in [0.3, 0.4) is 0 Å². The average molecular weight is 320 g/mol. The lowest BCUT2D eigenvalue weighted by molar-refractivity contribution is 0.150. The van der Waals surface area contributed by atoms with Gasteiger partial charge in [0.1, 0.15) is 0 Å². The van der Waals surface area contributed by atoms with Crippen LogP contribution >= 0.6 is 11.6 Å². The van der Waals surface area contributed by atoms with E-state index >= 15 is 0 Å². The molecule has 1 aromatic carbocycles. The van der Waals surface area contributed by atoms with Gasteiger partial charge in [-0.25, -0.2) is 4.79 Å². The normalized spacial score (nSPS) is 30.5. The van der Waals surface area contributed by atoms with Gasteiger partial charge in [-0.1, -0.05) is 11.6 Å². The summed E-state index contributed by atoms with van der Waals surface area (Å²) in [7, 11) is 2.22. The second kappa shape index (κ2) is 5.43. The van der Waals surface area contributed by atoms with Gasteiger partial charge in [0.2, 0.25) is 0 Å². The van der Waals surface area contributed by atoms with Gasteiger partial charge >= 0.3 is 6.03 Å². The van der Waals surface area contributed by atoms with E-state index in [1.807, 2.05) is 23.1 Å². The lowest BCUT2D eigenvalue weighted by Gasteiger charge is -2.37. The molecule has 1 aromatic rings. The summed E-state index contributed by atoms with van der Waals surface area (Å²) in [6.07, 6.45) is 5.61. The number of hydrogen-bond acceptors (Lipinski definition) is 2. The average Bonchev–Trinajstić information content (AvgIpc) is 2.97. The Morgan fingerprint density at radius 2 is 2.00 bits per heavy atom. The van der Waals surface area contributed by atoms with Gasteiger partial charge in [-0.15, -0.1) is 0 Å². The zero-order valence-electron chi connectivity index (χ0n) is 12.9. The van der Waals surface area contributed by atoms with Crippen molar-refractivity contribution < 1.29 is 4.79 Å². The van der Waals surface area contributed by atoms with Gasteiger partial charge in [-0.3, -0.25) is 4.90 Å². The molecule has 1 N–H and O–H groups in total. The summed E-state index contributed by atoms with van der Waals surface area (Å²) in [5.41, 5.74) is 2.18. The molecule has 0 spiro atoms. The van der Waals surface area contributed by atoms with Gasteiger partial charge in [0.05, 0.1) is 0 Å². The molecule has 0 radical (unpaired) electrons. The van der Waals surface area contributed by atoms with Crippen molar-refractivity contribution in [3.05, 3.63) is 28.8 Å². The highest BCUT2D eigenvalue weighted by Crippen LogP contribution is 2.35. The molecule has 2 saturated heterocycles. The van der Waals surface area contributed by atoms with E-state index in [1.165, 1.54) is 18.4 Å². The van der Waals surface area contributed by atoms with E-state index in [1.54, 1.807) is 0 Å².